The minimum Gasteiger partial charge on any atom is -0.331 e. The van der Waals surface area contributed by atoms with E-state index in [0.29, 0.717) is 11.3 Å². The van der Waals surface area contributed by atoms with Crippen molar-refractivity contribution in [1.29, 1.82) is 0 Å². The summed E-state index contributed by atoms with van der Waals surface area (Å²) in [5, 5.41) is 3.02. The number of amides is 1. The maximum Gasteiger partial charge on any atom is 0.269 e. The van der Waals surface area contributed by atoms with Crippen LogP contribution in [-0.2, 0) is 0 Å². The Kier molecular flexibility index (Phi) is 5.24. The standard InChI is InChI=1S/C14H11BrFN3OS/c15-10-3-1-2-9(8-10)13(20)18-19-14(21)17-12-6-4-11(16)5-7-12/h1-8H,(H,18,20)(H2,17,19,21). The molecular formula is C14H11BrFN3OS. The first-order valence-electron chi connectivity index (χ1n) is 5.93. The highest BCUT2D eigenvalue weighted by Crippen LogP contribution is 2.11. The molecule has 21 heavy (non-hydrogen) atoms. The molecule has 7 heteroatoms. The van der Waals surface area contributed by atoms with Crippen LogP contribution in [-0.4, -0.2) is 11.0 Å². The van der Waals surface area contributed by atoms with Crippen molar-refractivity contribution in [2.45, 2.75) is 0 Å². The molecule has 0 bridgehead atoms. The first-order valence-corrected chi connectivity index (χ1v) is 7.13. The van der Waals surface area contributed by atoms with Gasteiger partial charge in [0.25, 0.3) is 5.91 Å². The fourth-order valence-electron chi connectivity index (χ4n) is 1.51. The number of hydrogen-bond donors (Lipinski definition) is 3. The molecule has 0 spiro atoms. The number of carbonyl (C=O) groups excluding carboxylic acids is 1. The van der Waals surface area contributed by atoms with Crippen molar-refractivity contribution in [3.8, 4) is 0 Å². The lowest BCUT2D eigenvalue weighted by Crippen LogP contribution is -2.43. The first-order chi connectivity index (χ1) is 10.0. The molecule has 0 heterocycles. The van der Waals surface area contributed by atoms with E-state index in [1.54, 1.807) is 30.3 Å². The summed E-state index contributed by atoms with van der Waals surface area (Å²) >= 11 is 8.31. The zero-order valence-electron chi connectivity index (χ0n) is 10.7. The van der Waals surface area contributed by atoms with Gasteiger partial charge in [-0.15, -0.1) is 0 Å². The van der Waals surface area contributed by atoms with Gasteiger partial charge >= 0.3 is 0 Å². The summed E-state index contributed by atoms with van der Waals surface area (Å²) in [5.74, 6) is -0.651. The predicted molar refractivity (Wildman–Crippen MR) is 87.4 cm³/mol. The second kappa shape index (κ2) is 7.14. The molecule has 0 aliphatic carbocycles. The van der Waals surface area contributed by atoms with Crippen molar-refractivity contribution in [2.24, 2.45) is 0 Å². The van der Waals surface area contributed by atoms with Gasteiger partial charge in [-0.25, -0.2) is 4.39 Å². The maximum absolute atomic E-state index is 12.8. The van der Waals surface area contributed by atoms with Gasteiger partial charge in [0.2, 0.25) is 0 Å². The van der Waals surface area contributed by atoms with Gasteiger partial charge in [0.15, 0.2) is 5.11 Å². The summed E-state index contributed by atoms with van der Waals surface area (Å²) in [5.41, 5.74) is 6.15. The van der Waals surface area contributed by atoms with E-state index in [2.05, 4.69) is 32.1 Å². The van der Waals surface area contributed by atoms with Crippen molar-refractivity contribution in [3.05, 3.63) is 64.4 Å². The van der Waals surface area contributed by atoms with Gasteiger partial charge < -0.3 is 5.32 Å². The quantitative estimate of drug-likeness (QED) is 0.563. The molecule has 3 N–H and O–H groups in total. The van der Waals surface area contributed by atoms with Crippen molar-refractivity contribution in [1.82, 2.24) is 10.9 Å². The monoisotopic (exact) mass is 367 g/mol. The van der Waals surface area contributed by atoms with Gasteiger partial charge in [-0.3, -0.25) is 15.6 Å². The highest BCUT2D eigenvalue weighted by molar-refractivity contribution is 9.10. The first kappa shape index (κ1) is 15.4. The van der Waals surface area contributed by atoms with E-state index < -0.39 is 0 Å². The molecule has 0 atom stereocenters. The Balaban J connectivity index is 1.86. The highest BCUT2D eigenvalue weighted by Gasteiger charge is 2.06. The van der Waals surface area contributed by atoms with Crippen LogP contribution in [0.1, 0.15) is 10.4 Å². The maximum atomic E-state index is 12.8. The third-order valence-electron chi connectivity index (χ3n) is 2.48. The van der Waals surface area contributed by atoms with Crippen molar-refractivity contribution in [3.63, 3.8) is 0 Å². The summed E-state index contributed by atoms with van der Waals surface area (Å²) in [4.78, 5) is 11.9. The molecule has 0 aromatic heterocycles. The molecule has 0 aliphatic heterocycles. The van der Waals surface area contributed by atoms with E-state index >= 15 is 0 Å². The minimum atomic E-state index is -0.331. The Morgan fingerprint density at radius 3 is 2.48 bits per heavy atom. The topological polar surface area (TPSA) is 53.2 Å². The van der Waals surface area contributed by atoms with Gasteiger partial charge in [-0.2, -0.15) is 0 Å². The van der Waals surface area contributed by atoms with E-state index in [4.69, 9.17) is 12.2 Å². The van der Waals surface area contributed by atoms with Crippen molar-refractivity contribution in [2.75, 3.05) is 5.32 Å². The lowest BCUT2D eigenvalue weighted by molar-refractivity contribution is 0.0944. The van der Waals surface area contributed by atoms with E-state index in [0.717, 1.165) is 4.47 Å². The van der Waals surface area contributed by atoms with Crippen LogP contribution < -0.4 is 16.2 Å². The van der Waals surface area contributed by atoms with Crippen LogP contribution in [0.3, 0.4) is 0 Å². The number of halogens is 2. The highest BCUT2D eigenvalue weighted by atomic mass is 79.9. The second-order valence-corrected chi connectivity index (χ2v) is 5.37. The van der Waals surface area contributed by atoms with Crippen LogP contribution in [0, 0.1) is 5.82 Å². The Morgan fingerprint density at radius 2 is 1.81 bits per heavy atom. The number of thiocarbonyl (C=S) groups is 1. The van der Waals surface area contributed by atoms with Gasteiger partial charge in [-0.1, -0.05) is 22.0 Å². The number of hydrazine groups is 1. The lowest BCUT2D eigenvalue weighted by atomic mass is 10.2. The average molecular weight is 368 g/mol. The number of hydrogen-bond acceptors (Lipinski definition) is 2. The number of rotatable bonds is 2. The lowest BCUT2D eigenvalue weighted by Gasteiger charge is -2.11. The van der Waals surface area contributed by atoms with Crippen LogP contribution in [0.15, 0.2) is 53.0 Å². The SMILES string of the molecule is O=C(NNC(=S)Nc1ccc(F)cc1)c1cccc(Br)c1. The molecule has 108 valence electrons. The summed E-state index contributed by atoms with van der Waals surface area (Å²) in [6, 6.07) is 12.7. The number of benzene rings is 2. The Morgan fingerprint density at radius 1 is 1.10 bits per heavy atom. The number of nitrogens with one attached hydrogen (secondary N) is 3. The second-order valence-electron chi connectivity index (χ2n) is 4.05. The molecule has 2 aromatic carbocycles. The fourth-order valence-corrected chi connectivity index (χ4v) is 2.08. The van der Waals surface area contributed by atoms with E-state index in [1.807, 2.05) is 6.07 Å². The van der Waals surface area contributed by atoms with Crippen molar-refractivity contribution >= 4 is 44.9 Å². The van der Waals surface area contributed by atoms with Gasteiger partial charge in [0, 0.05) is 15.7 Å². The molecule has 0 fully saturated rings. The van der Waals surface area contributed by atoms with Crippen molar-refractivity contribution < 1.29 is 9.18 Å². The molecule has 0 saturated heterocycles. The molecule has 0 aliphatic rings. The minimum absolute atomic E-state index is 0.199. The summed E-state index contributed by atoms with van der Waals surface area (Å²) in [6.07, 6.45) is 0. The number of anilines is 1. The Hall–Kier alpha value is -1.99. The third-order valence-corrected chi connectivity index (χ3v) is 3.18. The predicted octanol–water partition coefficient (Wildman–Crippen LogP) is 3.22. The van der Waals surface area contributed by atoms with Gasteiger partial charge in [0.05, 0.1) is 0 Å². The molecule has 2 rings (SSSR count). The molecule has 1 amide bonds. The normalized spacial score (nSPS) is 9.81. The molecular weight excluding hydrogens is 357 g/mol. The average Bonchev–Trinajstić information content (AvgIpc) is 2.47. The van der Waals surface area contributed by atoms with E-state index in [-0.39, 0.29) is 16.8 Å². The zero-order chi connectivity index (χ0) is 15.2. The third kappa shape index (κ3) is 4.80. The summed E-state index contributed by atoms with van der Waals surface area (Å²) in [6.45, 7) is 0. The van der Waals surface area contributed by atoms with Crippen LogP contribution in [0.5, 0.6) is 0 Å². The molecule has 0 saturated carbocycles. The Labute approximate surface area is 134 Å². The zero-order valence-corrected chi connectivity index (χ0v) is 13.1. The molecule has 4 nitrogen and oxygen atoms in total. The van der Waals surface area contributed by atoms with Crippen LogP contribution >= 0.6 is 28.1 Å². The largest absolute Gasteiger partial charge is 0.331 e. The molecule has 0 unspecified atom stereocenters. The van der Waals surface area contributed by atoms with E-state index in [9.17, 15) is 9.18 Å². The summed E-state index contributed by atoms with van der Waals surface area (Å²) < 4.78 is 13.6. The number of carbonyl (C=O) groups is 1. The van der Waals surface area contributed by atoms with Crippen LogP contribution in [0.2, 0.25) is 0 Å². The van der Waals surface area contributed by atoms with Gasteiger partial charge in [-0.05, 0) is 54.7 Å². The summed E-state index contributed by atoms with van der Waals surface area (Å²) in [7, 11) is 0. The van der Waals surface area contributed by atoms with Crippen LogP contribution in [0.25, 0.3) is 0 Å². The fraction of sp³-hybridized carbons (Fsp3) is 0. The Bertz CT molecular complexity index is 664. The molecule has 2 aromatic rings. The smallest absolute Gasteiger partial charge is 0.269 e. The van der Waals surface area contributed by atoms with E-state index in [1.165, 1.54) is 12.1 Å². The van der Waals surface area contributed by atoms with Gasteiger partial charge in [0.1, 0.15) is 5.82 Å². The molecule has 0 radical (unpaired) electrons. The van der Waals surface area contributed by atoms with Crippen LogP contribution in [0.4, 0.5) is 10.1 Å².